The number of rotatable bonds is 22. The van der Waals surface area contributed by atoms with Crippen molar-refractivity contribution in [1.29, 1.82) is 0 Å². The highest BCUT2D eigenvalue weighted by Gasteiger charge is 2.59. The fourth-order valence-corrected chi connectivity index (χ4v) is 11.8. The average molecular weight is 679 g/mol. The topological polar surface area (TPSA) is 26.3 Å². The first-order valence-corrected chi connectivity index (χ1v) is 22.2. The van der Waals surface area contributed by atoms with Gasteiger partial charge >= 0.3 is 5.97 Å². The van der Waals surface area contributed by atoms with E-state index in [-0.39, 0.29) is 12.1 Å². The molecule has 4 aliphatic rings. The summed E-state index contributed by atoms with van der Waals surface area (Å²) in [5.74, 6) is 5.56. The summed E-state index contributed by atoms with van der Waals surface area (Å²) in [6.45, 7) is 17.2. The van der Waals surface area contributed by atoms with Crippen LogP contribution in [-0.4, -0.2) is 12.1 Å². The van der Waals surface area contributed by atoms with E-state index in [1.165, 1.54) is 135 Å². The molecule has 1 unspecified atom stereocenters. The number of carbonyl (C=O) groups is 1. The van der Waals surface area contributed by atoms with E-state index in [1.807, 2.05) is 0 Å². The molecule has 2 heteroatoms. The van der Waals surface area contributed by atoms with Gasteiger partial charge in [-0.1, -0.05) is 162 Å². The lowest BCUT2D eigenvalue weighted by atomic mass is 9.47. The number of esters is 1. The third-order valence-corrected chi connectivity index (χ3v) is 15.0. The first kappa shape index (κ1) is 40.7. The highest BCUT2D eigenvalue weighted by atomic mass is 16.5. The lowest BCUT2D eigenvalue weighted by Gasteiger charge is -2.58. The van der Waals surface area contributed by atoms with E-state index >= 15 is 0 Å². The molecule has 0 heterocycles. The number of hydrogen-bond acceptors (Lipinski definition) is 2. The van der Waals surface area contributed by atoms with Crippen LogP contribution >= 0.6 is 0 Å². The molecule has 0 aromatic heterocycles. The van der Waals surface area contributed by atoms with Crippen LogP contribution in [0.2, 0.25) is 0 Å². The number of unbranched alkanes of at least 4 members (excludes halogenated alkanes) is 14. The van der Waals surface area contributed by atoms with Gasteiger partial charge in [-0.25, -0.2) is 0 Å². The highest BCUT2D eigenvalue weighted by Crippen LogP contribution is 2.67. The summed E-state index contributed by atoms with van der Waals surface area (Å²) in [5.41, 5.74) is 2.45. The Bertz CT molecular complexity index is 1020. The Balaban J connectivity index is 1.13. The molecule has 0 N–H and O–H groups in total. The summed E-state index contributed by atoms with van der Waals surface area (Å²) in [6.07, 6.45) is 40.3. The fourth-order valence-electron chi connectivity index (χ4n) is 11.8. The molecule has 49 heavy (non-hydrogen) atoms. The quantitative estimate of drug-likeness (QED) is 0.0647. The van der Waals surface area contributed by atoms with Gasteiger partial charge in [0.15, 0.2) is 0 Å². The van der Waals surface area contributed by atoms with Gasteiger partial charge < -0.3 is 4.74 Å². The maximum atomic E-state index is 12.8. The van der Waals surface area contributed by atoms with Crippen LogP contribution < -0.4 is 0 Å². The molecule has 3 saturated carbocycles. The molecule has 0 spiro atoms. The predicted octanol–water partition coefficient (Wildman–Crippen LogP) is 14.6. The smallest absolute Gasteiger partial charge is 0.306 e. The van der Waals surface area contributed by atoms with Crippen molar-refractivity contribution in [3.05, 3.63) is 23.8 Å². The second-order valence-corrected chi connectivity index (χ2v) is 18.6. The summed E-state index contributed by atoms with van der Waals surface area (Å²) >= 11 is 0. The molecule has 2 nitrogen and oxygen atoms in total. The zero-order chi connectivity index (χ0) is 35.3. The Morgan fingerprint density at radius 3 is 1.98 bits per heavy atom. The Kier molecular flexibility index (Phi) is 16.8. The third-order valence-electron chi connectivity index (χ3n) is 15.0. The molecule has 0 radical (unpaired) electrons. The summed E-state index contributed by atoms with van der Waals surface area (Å²) < 4.78 is 6.14. The van der Waals surface area contributed by atoms with E-state index in [9.17, 15) is 4.79 Å². The monoisotopic (exact) mass is 679 g/mol. The Labute approximate surface area is 305 Å². The number of fused-ring (bicyclic) bond motifs is 5. The maximum absolute atomic E-state index is 12.8. The maximum Gasteiger partial charge on any atom is 0.306 e. The lowest BCUT2D eigenvalue weighted by molar-refractivity contribution is -0.151. The van der Waals surface area contributed by atoms with Gasteiger partial charge in [0.25, 0.3) is 0 Å². The SMILES string of the molecule is CCCCCCCCCCCCCCCCCC(=O)O[C@H]1CC[C@@]2(C)C(=CC[C@H]3[C@@H]4CC[C@H](C(C)/C=C/[C@@H](CC)C(C)C)[C@@]4(C)CC[C@@H]32)C1. The van der Waals surface area contributed by atoms with Crippen LogP contribution in [0.5, 0.6) is 0 Å². The first-order valence-electron chi connectivity index (χ1n) is 22.2. The second kappa shape index (κ2) is 20.3. The van der Waals surface area contributed by atoms with Crippen molar-refractivity contribution in [2.45, 2.75) is 215 Å². The van der Waals surface area contributed by atoms with E-state index < -0.39 is 0 Å². The molecule has 0 bridgehead atoms. The van der Waals surface area contributed by atoms with Gasteiger partial charge in [-0.2, -0.15) is 0 Å². The van der Waals surface area contributed by atoms with E-state index in [0.717, 1.165) is 48.9 Å². The van der Waals surface area contributed by atoms with Crippen molar-refractivity contribution in [2.75, 3.05) is 0 Å². The van der Waals surface area contributed by atoms with Gasteiger partial charge in [-0.15, -0.1) is 0 Å². The Morgan fingerprint density at radius 1 is 0.776 bits per heavy atom. The van der Waals surface area contributed by atoms with Crippen LogP contribution in [0.4, 0.5) is 0 Å². The van der Waals surface area contributed by atoms with Gasteiger partial charge in [0.2, 0.25) is 0 Å². The van der Waals surface area contributed by atoms with Crippen molar-refractivity contribution >= 4 is 5.97 Å². The van der Waals surface area contributed by atoms with E-state index in [2.05, 4.69) is 66.7 Å². The van der Waals surface area contributed by atoms with Crippen molar-refractivity contribution in [2.24, 2.45) is 52.3 Å². The molecule has 0 aromatic rings. The standard InChI is InChI=1S/C47H82O2/c1-8-10-11-12-13-14-15-16-17-18-19-20-21-22-23-24-45(48)49-40-31-33-46(6)39(35-40)27-28-41-43-30-29-42(47(43,7)34-32-44(41)46)37(5)25-26-38(9-2)36(3)4/h25-27,36-38,40-44H,8-24,28-35H2,1-7H3/b26-25+/t37?,38-,40+,41+,42-,43+,44+,46+,47-/m1/s1. The van der Waals surface area contributed by atoms with Crippen molar-refractivity contribution in [1.82, 2.24) is 0 Å². The molecule has 0 saturated heterocycles. The number of allylic oxidation sites excluding steroid dienone is 3. The van der Waals surface area contributed by atoms with E-state index in [4.69, 9.17) is 4.74 Å². The van der Waals surface area contributed by atoms with Crippen LogP contribution in [0.15, 0.2) is 23.8 Å². The molecular weight excluding hydrogens is 597 g/mol. The van der Waals surface area contributed by atoms with E-state index in [0.29, 0.717) is 29.1 Å². The Hall–Kier alpha value is -1.05. The lowest BCUT2D eigenvalue weighted by Crippen LogP contribution is -2.51. The van der Waals surface area contributed by atoms with Crippen LogP contribution in [0.1, 0.15) is 209 Å². The van der Waals surface area contributed by atoms with Gasteiger partial charge in [-0.05, 0) is 110 Å². The molecule has 0 aliphatic heterocycles. The van der Waals surface area contributed by atoms with Crippen molar-refractivity contribution < 1.29 is 9.53 Å². The highest BCUT2D eigenvalue weighted by molar-refractivity contribution is 5.69. The molecular formula is C47H82O2. The minimum atomic E-state index is 0.0600. The van der Waals surface area contributed by atoms with Crippen LogP contribution in [0.25, 0.3) is 0 Å². The number of hydrogen-bond donors (Lipinski definition) is 0. The largest absolute Gasteiger partial charge is 0.462 e. The fraction of sp³-hybridized carbons (Fsp3) is 0.894. The van der Waals surface area contributed by atoms with Crippen molar-refractivity contribution in [3.63, 3.8) is 0 Å². The van der Waals surface area contributed by atoms with Gasteiger partial charge in [0.05, 0.1) is 0 Å². The normalized spacial score (nSPS) is 32.4. The molecule has 4 rings (SSSR count). The van der Waals surface area contributed by atoms with Crippen LogP contribution in [-0.2, 0) is 9.53 Å². The third kappa shape index (κ3) is 11.0. The van der Waals surface area contributed by atoms with Crippen LogP contribution in [0.3, 0.4) is 0 Å². The number of carbonyl (C=O) groups excluding carboxylic acids is 1. The zero-order valence-electron chi connectivity index (χ0n) is 33.8. The average Bonchev–Trinajstić information content (AvgIpc) is 3.44. The Morgan fingerprint density at radius 2 is 1.39 bits per heavy atom. The summed E-state index contributed by atoms with van der Waals surface area (Å²) in [5, 5.41) is 0. The molecule has 0 amide bonds. The summed E-state index contributed by atoms with van der Waals surface area (Å²) in [4.78, 5) is 12.8. The number of ether oxygens (including phenoxy) is 1. The predicted molar refractivity (Wildman–Crippen MR) is 212 cm³/mol. The van der Waals surface area contributed by atoms with Gasteiger partial charge in [-0.3, -0.25) is 4.79 Å². The molecule has 0 aromatic carbocycles. The minimum Gasteiger partial charge on any atom is -0.462 e. The molecule has 3 fully saturated rings. The van der Waals surface area contributed by atoms with Crippen molar-refractivity contribution in [3.8, 4) is 0 Å². The molecule has 282 valence electrons. The molecule has 9 atom stereocenters. The van der Waals surface area contributed by atoms with Gasteiger partial charge in [0.1, 0.15) is 6.10 Å². The van der Waals surface area contributed by atoms with Crippen LogP contribution in [0, 0.1) is 52.3 Å². The summed E-state index contributed by atoms with van der Waals surface area (Å²) in [6, 6.07) is 0. The molecule has 4 aliphatic carbocycles. The minimum absolute atomic E-state index is 0.0600. The summed E-state index contributed by atoms with van der Waals surface area (Å²) in [7, 11) is 0. The van der Waals surface area contributed by atoms with E-state index in [1.54, 1.807) is 5.57 Å². The first-order chi connectivity index (χ1) is 23.6. The van der Waals surface area contributed by atoms with Gasteiger partial charge in [0, 0.05) is 12.8 Å². The second-order valence-electron chi connectivity index (χ2n) is 18.6. The zero-order valence-corrected chi connectivity index (χ0v) is 33.8.